The first-order chi connectivity index (χ1) is 9.44. The summed E-state index contributed by atoms with van der Waals surface area (Å²) in [5, 5.41) is 3.36. The van der Waals surface area contributed by atoms with Crippen LogP contribution in [0, 0.1) is 5.41 Å². The highest BCUT2D eigenvalue weighted by Gasteiger charge is 2.11. The van der Waals surface area contributed by atoms with Gasteiger partial charge in [0.2, 0.25) is 5.88 Å². The van der Waals surface area contributed by atoms with Crippen molar-refractivity contribution < 1.29 is 4.74 Å². The molecule has 0 spiro atoms. The summed E-state index contributed by atoms with van der Waals surface area (Å²) in [6.45, 7) is 13.6. The number of ether oxygens (including phenoxy) is 1. The molecule has 114 valence electrons. The lowest BCUT2D eigenvalue weighted by atomic mass is 9.93. The van der Waals surface area contributed by atoms with Crippen molar-refractivity contribution in [2.24, 2.45) is 5.41 Å². The molecule has 0 radical (unpaired) electrons. The molecule has 0 bridgehead atoms. The minimum absolute atomic E-state index is 0.299. The highest BCUT2D eigenvalue weighted by Crippen LogP contribution is 2.20. The number of rotatable bonds is 8. The van der Waals surface area contributed by atoms with Gasteiger partial charge in [-0.15, -0.1) is 0 Å². The Hall–Kier alpha value is -1.09. The van der Waals surface area contributed by atoms with Crippen LogP contribution in [-0.2, 0) is 13.0 Å². The fourth-order valence-electron chi connectivity index (χ4n) is 1.91. The number of nitrogens with one attached hydrogen (secondary N) is 1. The van der Waals surface area contributed by atoms with Crippen molar-refractivity contribution in [3.05, 3.63) is 23.4 Å². The molecule has 1 heterocycles. The van der Waals surface area contributed by atoms with E-state index in [1.807, 2.05) is 0 Å². The highest BCUT2D eigenvalue weighted by molar-refractivity contribution is 5.25. The molecule has 0 unspecified atom stereocenters. The highest BCUT2D eigenvalue weighted by atomic mass is 16.5. The average molecular weight is 278 g/mol. The first-order valence-corrected chi connectivity index (χ1v) is 7.78. The summed E-state index contributed by atoms with van der Waals surface area (Å²) in [7, 11) is 0. The number of hydrogen-bond donors (Lipinski definition) is 1. The molecule has 0 aliphatic carbocycles. The molecule has 20 heavy (non-hydrogen) atoms. The molecule has 0 fully saturated rings. The third-order valence-corrected chi connectivity index (χ3v) is 3.10. The van der Waals surface area contributed by atoms with E-state index in [0.717, 1.165) is 50.5 Å². The van der Waals surface area contributed by atoms with Crippen LogP contribution < -0.4 is 10.1 Å². The third-order valence-electron chi connectivity index (χ3n) is 3.10. The smallest absolute Gasteiger partial charge is 0.213 e. The van der Waals surface area contributed by atoms with Crippen LogP contribution in [0.4, 0.5) is 0 Å². The predicted octanol–water partition coefficient (Wildman–Crippen LogP) is 3.96. The summed E-state index contributed by atoms with van der Waals surface area (Å²) in [6.07, 6.45) is 3.16. The first-order valence-electron chi connectivity index (χ1n) is 7.78. The second-order valence-corrected chi connectivity index (χ2v) is 6.49. The van der Waals surface area contributed by atoms with Crippen molar-refractivity contribution in [2.45, 2.75) is 60.4 Å². The van der Waals surface area contributed by atoms with Crippen molar-refractivity contribution in [3.8, 4) is 5.88 Å². The van der Waals surface area contributed by atoms with Crippen molar-refractivity contribution in [3.63, 3.8) is 0 Å². The second-order valence-electron chi connectivity index (χ2n) is 6.49. The van der Waals surface area contributed by atoms with E-state index in [1.165, 1.54) is 5.56 Å². The van der Waals surface area contributed by atoms with Gasteiger partial charge in [0.25, 0.3) is 0 Å². The van der Waals surface area contributed by atoms with Gasteiger partial charge in [-0.3, -0.25) is 0 Å². The van der Waals surface area contributed by atoms with Crippen molar-refractivity contribution in [1.82, 2.24) is 10.3 Å². The molecule has 0 aliphatic heterocycles. The molecule has 0 amide bonds. The zero-order valence-electron chi connectivity index (χ0n) is 13.8. The van der Waals surface area contributed by atoms with Gasteiger partial charge in [0.1, 0.15) is 0 Å². The van der Waals surface area contributed by atoms with Crippen LogP contribution in [0.2, 0.25) is 0 Å². The Morgan fingerprint density at radius 2 is 1.95 bits per heavy atom. The maximum atomic E-state index is 5.85. The quantitative estimate of drug-likeness (QED) is 0.781. The number of hydrogen-bond acceptors (Lipinski definition) is 3. The van der Waals surface area contributed by atoms with E-state index in [4.69, 9.17) is 4.74 Å². The lowest BCUT2D eigenvalue weighted by Gasteiger charge is -2.18. The molecule has 0 aliphatic rings. The van der Waals surface area contributed by atoms with Gasteiger partial charge in [-0.05, 0) is 36.4 Å². The minimum Gasteiger partial charge on any atom is -0.478 e. The van der Waals surface area contributed by atoms with Crippen LogP contribution in [0.25, 0.3) is 0 Å². The average Bonchev–Trinajstić information content (AvgIpc) is 2.35. The van der Waals surface area contributed by atoms with Gasteiger partial charge in [0.15, 0.2) is 0 Å². The zero-order valence-corrected chi connectivity index (χ0v) is 13.8. The topological polar surface area (TPSA) is 34.1 Å². The number of aryl methyl sites for hydroxylation is 1. The number of aromatic nitrogens is 1. The molecule has 3 heteroatoms. The fourth-order valence-corrected chi connectivity index (χ4v) is 1.91. The van der Waals surface area contributed by atoms with Crippen molar-refractivity contribution in [1.29, 1.82) is 0 Å². The Morgan fingerprint density at radius 1 is 1.20 bits per heavy atom. The monoisotopic (exact) mass is 278 g/mol. The largest absolute Gasteiger partial charge is 0.478 e. The Labute approximate surface area is 124 Å². The van der Waals surface area contributed by atoms with Crippen LogP contribution >= 0.6 is 0 Å². The Morgan fingerprint density at radius 3 is 2.55 bits per heavy atom. The van der Waals surface area contributed by atoms with E-state index in [0.29, 0.717) is 5.41 Å². The van der Waals surface area contributed by atoms with E-state index in [2.05, 4.69) is 57.1 Å². The van der Waals surface area contributed by atoms with Crippen LogP contribution in [0.15, 0.2) is 12.1 Å². The van der Waals surface area contributed by atoms with E-state index in [1.54, 1.807) is 0 Å². The van der Waals surface area contributed by atoms with Crippen molar-refractivity contribution >= 4 is 0 Å². The Kier molecular flexibility index (Phi) is 7.00. The fraction of sp³-hybridized carbons (Fsp3) is 0.706. The van der Waals surface area contributed by atoms with Gasteiger partial charge in [-0.25, -0.2) is 4.98 Å². The van der Waals surface area contributed by atoms with Gasteiger partial charge < -0.3 is 10.1 Å². The summed E-state index contributed by atoms with van der Waals surface area (Å²) in [5.41, 5.74) is 2.69. The molecule has 0 saturated heterocycles. The van der Waals surface area contributed by atoms with Gasteiger partial charge >= 0.3 is 0 Å². The van der Waals surface area contributed by atoms with E-state index in [9.17, 15) is 0 Å². The number of pyridine rings is 1. The summed E-state index contributed by atoms with van der Waals surface area (Å²) in [5.74, 6) is 0.771. The number of nitrogens with zero attached hydrogens (tertiary/aromatic N) is 1. The van der Waals surface area contributed by atoms with Crippen LogP contribution in [0.5, 0.6) is 5.88 Å². The molecular formula is C17H30N2O. The molecule has 1 aromatic heterocycles. The molecule has 1 aromatic rings. The summed E-state index contributed by atoms with van der Waals surface area (Å²) < 4.78 is 5.85. The van der Waals surface area contributed by atoms with Crippen LogP contribution in [-0.4, -0.2) is 18.1 Å². The van der Waals surface area contributed by atoms with Gasteiger partial charge in [0.05, 0.1) is 6.61 Å². The molecule has 1 rings (SSSR count). The lowest BCUT2D eigenvalue weighted by molar-refractivity contribution is 0.235. The molecule has 3 nitrogen and oxygen atoms in total. The normalized spacial score (nSPS) is 11.7. The lowest BCUT2D eigenvalue weighted by Crippen LogP contribution is -2.14. The SMILES string of the molecule is CCCc1cc(CNCC)cc(OCCC(C)(C)C)n1. The first kappa shape index (κ1) is 17.0. The maximum Gasteiger partial charge on any atom is 0.213 e. The summed E-state index contributed by atoms with van der Waals surface area (Å²) >= 11 is 0. The van der Waals surface area contributed by atoms with E-state index >= 15 is 0 Å². The van der Waals surface area contributed by atoms with Crippen LogP contribution in [0.1, 0.15) is 58.7 Å². The standard InChI is InChI=1S/C17H30N2O/c1-6-8-15-11-14(13-18-7-2)12-16(19-15)20-10-9-17(3,4)5/h11-12,18H,6-10,13H2,1-5H3. The van der Waals surface area contributed by atoms with E-state index < -0.39 is 0 Å². The summed E-state index contributed by atoms with van der Waals surface area (Å²) in [4.78, 5) is 4.60. The minimum atomic E-state index is 0.299. The zero-order chi connectivity index (χ0) is 15.0. The van der Waals surface area contributed by atoms with Gasteiger partial charge in [-0.2, -0.15) is 0 Å². The van der Waals surface area contributed by atoms with Gasteiger partial charge in [-0.1, -0.05) is 41.0 Å². The Balaban J connectivity index is 2.69. The van der Waals surface area contributed by atoms with E-state index in [-0.39, 0.29) is 0 Å². The maximum absolute atomic E-state index is 5.85. The summed E-state index contributed by atoms with van der Waals surface area (Å²) in [6, 6.07) is 4.24. The Bertz CT molecular complexity index is 396. The van der Waals surface area contributed by atoms with Crippen molar-refractivity contribution in [2.75, 3.05) is 13.2 Å². The second kappa shape index (κ2) is 8.25. The molecule has 0 saturated carbocycles. The molecule has 0 aromatic carbocycles. The van der Waals surface area contributed by atoms with Crippen LogP contribution in [0.3, 0.4) is 0 Å². The molecule has 0 atom stereocenters. The molecular weight excluding hydrogens is 248 g/mol. The predicted molar refractivity (Wildman–Crippen MR) is 85.2 cm³/mol. The van der Waals surface area contributed by atoms with Gasteiger partial charge in [0, 0.05) is 18.3 Å². The molecule has 1 N–H and O–H groups in total. The third kappa shape index (κ3) is 6.90.